The molecule has 0 aliphatic carbocycles. The Balaban J connectivity index is 1.90. The molecular weight excluding hydrogens is 471 g/mol. The molecule has 1 atom stereocenters. The van der Waals surface area contributed by atoms with Crippen molar-refractivity contribution in [2.45, 2.75) is 32.9 Å². The Morgan fingerprint density at radius 2 is 1.65 bits per heavy atom. The van der Waals surface area contributed by atoms with Crippen LogP contribution in [0.1, 0.15) is 23.6 Å². The highest BCUT2D eigenvalue weighted by atomic mass is 35.5. The molecule has 0 radical (unpaired) electrons. The van der Waals surface area contributed by atoms with Gasteiger partial charge in [-0.3, -0.25) is 9.59 Å². The van der Waals surface area contributed by atoms with E-state index >= 15 is 0 Å². The third-order valence-electron chi connectivity index (χ3n) is 5.34. The molecule has 1 N–H and O–H groups in total. The van der Waals surface area contributed by atoms with Crippen molar-refractivity contribution in [1.82, 2.24) is 10.2 Å². The Morgan fingerprint density at radius 1 is 0.941 bits per heavy atom. The minimum absolute atomic E-state index is 0.182. The number of nitrogens with zero attached hydrogens (tertiary/aromatic N) is 1. The van der Waals surface area contributed by atoms with Crippen LogP contribution in [0.15, 0.2) is 72.8 Å². The lowest BCUT2D eigenvalue weighted by Gasteiger charge is -2.31. The maximum Gasteiger partial charge on any atom is 0.261 e. The number of ether oxygens (including phenoxy) is 1. The highest BCUT2D eigenvalue weighted by Gasteiger charge is 2.30. The summed E-state index contributed by atoms with van der Waals surface area (Å²) in [5, 5.41) is 3.68. The molecule has 3 aromatic rings. The van der Waals surface area contributed by atoms with Crippen molar-refractivity contribution in [3.63, 3.8) is 0 Å². The molecular formula is C27H28Cl2N2O3. The van der Waals surface area contributed by atoms with Crippen molar-refractivity contribution < 1.29 is 14.3 Å². The summed E-state index contributed by atoms with van der Waals surface area (Å²) in [6.45, 7) is 4.27. The number of aryl methyl sites for hydroxylation is 1. The van der Waals surface area contributed by atoms with Gasteiger partial charge in [-0.25, -0.2) is 0 Å². The predicted octanol–water partition coefficient (Wildman–Crippen LogP) is 5.46. The lowest BCUT2D eigenvalue weighted by Crippen LogP contribution is -2.51. The highest BCUT2D eigenvalue weighted by Crippen LogP contribution is 2.24. The van der Waals surface area contributed by atoms with E-state index in [1.54, 1.807) is 23.1 Å². The largest absolute Gasteiger partial charge is 0.484 e. The van der Waals surface area contributed by atoms with Crippen LogP contribution in [0.25, 0.3) is 0 Å². The van der Waals surface area contributed by atoms with E-state index in [1.165, 1.54) is 0 Å². The normalized spacial score (nSPS) is 11.5. The van der Waals surface area contributed by atoms with E-state index in [-0.39, 0.29) is 25.0 Å². The maximum atomic E-state index is 13.4. The zero-order valence-corrected chi connectivity index (χ0v) is 20.8. The van der Waals surface area contributed by atoms with Crippen LogP contribution >= 0.6 is 23.2 Å². The number of halogens is 2. The molecule has 178 valence electrons. The number of rotatable bonds is 10. The Kier molecular flexibility index (Phi) is 9.37. The standard InChI is InChI=1S/C27H28Cl2N2O3/c1-3-30-27(33)25(16-20-7-5-4-6-8-20)31(17-21-11-14-23(28)24(29)15-21)26(32)18-34-22-12-9-19(2)10-13-22/h4-15,25H,3,16-18H2,1-2H3,(H,30,33)/t25-/m1/s1. The van der Waals surface area contributed by atoms with E-state index in [1.807, 2.05) is 68.4 Å². The molecule has 5 nitrogen and oxygen atoms in total. The molecule has 0 heterocycles. The second kappa shape index (κ2) is 12.4. The predicted molar refractivity (Wildman–Crippen MR) is 136 cm³/mol. The van der Waals surface area contributed by atoms with Crippen LogP contribution in [-0.4, -0.2) is 35.9 Å². The van der Waals surface area contributed by atoms with Gasteiger partial charge in [0.1, 0.15) is 11.8 Å². The van der Waals surface area contributed by atoms with Crippen molar-refractivity contribution in [1.29, 1.82) is 0 Å². The summed E-state index contributed by atoms with van der Waals surface area (Å²) >= 11 is 12.3. The van der Waals surface area contributed by atoms with Crippen molar-refractivity contribution in [3.05, 3.63) is 99.5 Å². The van der Waals surface area contributed by atoms with E-state index in [0.717, 1.165) is 16.7 Å². The third kappa shape index (κ3) is 7.24. The quantitative estimate of drug-likeness (QED) is 0.403. The van der Waals surface area contributed by atoms with Gasteiger partial charge in [0.15, 0.2) is 6.61 Å². The smallest absolute Gasteiger partial charge is 0.261 e. The maximum absolute atomic E-state index is 13.4. The zero-order chi connectivity index (χ0) is 24.5. The van der Waals surface area contributed by atoms with Gasteiger partial charge in [-0.2, -0.15) is 0 Å². The first-order valence-electron chi connectivity index (χ1n) is 11.1. The molecule has 2 amide bonds. The molecule has 34 heavy (non-hydrogen) atoms. The van der Waals surface area contributed by atoms with Crippen molar-refractivity contribution in [2.75, 3.05) is 13.2 Å². The first-order valence-corrected chi connectivity index (χ1v) is 11.9. The molecule has 0 saturated heterocycles. The minimum atomic E-state index is -0.731. The fraction of sp³-hybridized carbons (Fsp3) is 0.259. The van der Waals surface area contributed by atoms with Gasteiger partial charge in [0, 0.05) is 19.5 Å². The molecule has 0 bridgehead atoms. The molecule has 3 aromatic carbocycles. The fourth-order valence-corrected chi connectivity index (χ4v) is 3.86. The van der Waals surface area contributed by atoms with Crippen molar-refractivity contribution in [3.8, 4) is 5.75 Å². The number of likely N-dealkylation sites (N-methyl/N-ethyl adjacent to an activating group) is 1. The SMILES string of the molecule is CCNC(=O)[C@@H](Cc1ccccc1)N(Cc1ccc(Cl)c(Cl)c1)C(=O)COc1ccc(C)cc1. The minimum Gasteiger partial charge on any atom is -0.484 e. The lowest BCUT2D eigenvalue weighted by molar-refractivity contribution is -0.142. The first-order chi connectivity index (χ1) is 16.4. The Labute approximate surface area is 210 Å². The molecule has 3 rings (SSSR count). The second-order valence-electron chi connectivity index (χ2n) is 7.97. The van der Waals surface area contributed by atoms with Gasteiger partial charge >= 0.3 is 0 Å². The van der Waals surface area contributed by atoms with Crippen LogP contribution in [0.3, 0.4) is 0 Å². The van der Waals surface area contributed by atoms with Crippen LogP contribution in [0.5, 0.6) is 5.75 Å². The zero-order valence-electron chi connectivity index (χ0n) is 19.3. The average Bonchev–Trinajstić information content (AvgIpc) is 2.83. The Bertz CT molecular complexity index is 1100. The summed E-state index contributed by atoms with van der Waals surface area (Å²) in [6, 6.07) is 21.6. The Hall–Kier alpha value is -3.02. The van der Waals surface area contributed by atoms with Gasteiger partial charge < -0.3 is 15.0 Å². The van der Waals surface area contributed by atoms with Gasteiger partial charge in [-0.1, -0.05) is 77.3 Å². The van der Waals surface area contributed by atoms with Crippen molar-refractivity contribution >= 4 is 35.0 Å². The summed E-state index contributed by atoms with van der Waals surface area (Å²) < 4.78 is 5.75. The van der Waals surface area contributed by atoms with E-state index < -0.39 is 6.04 Å². The number of benzene rings is 3. The summed E-state index contributed by atoms with van der Waals surface area (Å²) in [4.78, 5) is 28.1. The van der Waals surface area contributed by atoms with Crippen LogP contribution in [0, 0.1) is 6.92 Å². The number of nitrogens with one attached hydrogen (secondary N) is 1. The van der Waals surface area contributed by atoms with Gasteiger partial charge in [-0.05, 0) is 49.2 Å². The van der Waals surface area contributed by atoms with Gasteiger partial charge in [0.25, 0.3) is 5.91 Å². The third-order valence-corrected chi connectivity index (χ3v) is 6.08. The lowest BCUT2D eigenvalue weighted by atomic mass is 10.0. The van der Waals surface area contributed by atoms with Crippen molar-refractivity contribution in [2.24, 2.45) is 0 Å². The number of hydrogen-bond donors (Lipinski definition) is 1. The number of carbonyl (C=O) groups excluding carboxylic acids is 2. The summed E-state index contributed by atoms with van der Waals surface area (Å²) in [5.41, 5.74) is 2.81. The van der Waals surface area contributed by atoms with E-state index in [0.29, 0.717) is 28.8 Å². The number of amides is 2. The molecule has 0 unspecified atom stereocenters. The molecule has 0 aliphatic rings. The molecule has 0 saturated carbocycles. The second-order valence-corrected chi connectivity index (χ2v) is 8.79. The molecule has 0 aliphatic heterocycles. The van der Waals surface area contributed by atoms with E-state index in [2.05, 4.69) is 5.32 Å². The average molecular weight is 499 g/mol. The first kappa shape index (κ1) is 25.6. The molecule has 0 spiro atoms. The molecule has 0 aromatic heterocycles. The van der Waals surface area contributed by atoms with Gasteiger partial charge in [-0.15, -0.1) is 0 Å². The summed E-state index contributed by atoms with van der Waals surface area (Å²) in [6.07, 6.45) is 0.365. The molecule has 0 fully saturated rings. The number of hydrogen-bond acceptors (Lipinski definition) is 3. The molecule has 7 heteroatoms. The monoisotopic (exact) mass is 498 g/mol. The van der Waals surface area contributed by atoms with Gasteiger partial charge in [0.2, 0.25) is 5.91 Å². The van der Waals surface area contributed by atoms with Crippen LogP contribution < -0.4 is 10.1 Å². The fourth-order valence-electron chi connectivity index (χ4n) is 3.54. The summed E-state index contributed by atoms with van der Waals surface area (Å²) in [5.74, 6) is 0.0555. The van der Waals surface area contributed by atoms with Crippen LogP contribution in [-0.2, 0) is 22.6 Å². The summed E-state index contributed by atoms with van der Waals surface area (Å²) in [7, 11) is 0. The van der Waals surface area contributed by atoms with E-state index in [4.69, 9.17) is 27.9 Å². The van der Waals surface area contributed by atoms with Crippen LogP contribution in [0.4, 0.5) is 0 Å². The van der Waals surface area contributed by atoms with Crippen LogP contribution in [0.2, 0.25) is 10.0 Å². The van der Waals surface area contributed by atoms with E-state index in [9.17, 15) is 9.59 Å². The highest BCUT2D eigenvalue weighted by molar-refractivity contribution is 6.42. The Morgan fingerprint density at radius 3 is 2.29 bits per heavy atom. The number of carbonyl (C=O) groups is 2. The topological polar surface area (TPSA) is 58.6 Å². The van der Waals surface area contributed by atoms with Gasteiger partial charge in [0.05, 0.1) is 10.0 Å².